The maximum absolute atomic E-state index is 6.01. The van der Waals surface area contributed by atoms with E-state index < -0.39 is 0 Å². The molecule has 0 aliphatic heterocycles. The molecule has 98 valence electrons. The average Bonchev–Trinajstić information content (AvgIpc) is 2.41. The van der Waals surface area contributed by atoms with Crippen molar-refractivity contribution in [2.24, 2.45) is 5.73 Å². The molecule has 0 saturated carbocycles. The summed E-state index contributed by atoms with van der Waals surface area (Å²) in [4.78, 5) is 2.22. The summed E-state index contributed by atoms with van der Waals surface area (Å²) in [6, 6.07) is 9.12. The van der Waals surface area contributed by atoms with Crippen molar-refractivity contribution in [1.29, 1.82) is 0 Å². The monoisotopic (exact) mass is 312 g/mol. The van der Waals surface area contributed by atoms with E-state index in [0.717, 1.165) is 11.3 Å². The van der Waals surface area contributed by atoms with Crippen molar-refractivity contribution in [3.05, 3.63) is 46.2 Å². The standard InChI is InChI=1S/C12H10Cl2N4S/c1-18(9-6-10(13)16-17-11(9)14)8-4-2-7(3-5-8)12(15)19/h2-6H,1H3,(H2,15,19). The maximum Gasteiger partial charge on any atom is 0.175 e. The largest absolute Gasteiger partial charge is 0.389 e. The highest BCUT2D eigenvalue weighted by atomic mass is 35.5. The molecule has 2 N–H and O–H groups in total. The van der Waals surface area contributed by atoms with E-state index in [1.165, 1.54) is 0 Å². The molecule has 4 nitrogen and oxygen atoms in total. The van der Waals surface area contributed by atoms with E-state index in [0.29, 0.717) is 10.7 Å². The molecule has 19 heavy (non-hydrogen) atoms. The second-order valence-corrected chi connectivity index (χ2v) is 5.00. The third kappa shape index (κ3) is 3.12. The predicted octanol–water partition coefficient (Wildman–Crippen LogP) is 3.19. The van der Waals surface area contributed by atoms with Gasteiger partial charge in [0.15, 0.2) is 10.3 Å². The Bertz CT molecular complexity index is 616. The molecule has 0 amide bonds. The lowest BCUT2D eigenvalue weighted by Gasteiger charge is -2.20. The first-order valence-corrected chi connectivity index (χ1v) is 6.48. The first-order valence-electron chi connectivity index (χ1n) is 5.31. The first-order chi connectivity index (χ1) is 8.99. The number of halogens is 2. The normalized spacial score (nSPS) is 10.3. The Morgan fingerprint density at radius 1 is 1.21 bits per heavy atom. The number of nitrogens with zero attached hydrogens (tertiary/aromatic N) is 3. The van der Waals surface area contributed by atoms with Crippen LogP contribution in [0, 0.1) is 0 Å². The van der Waals surface area contributed by atoms with E-state index >= 15 is 0 Å². The van der Waals surface area contributed by atoms with Crippen molar-refractivity contribution in [2.45, 2.75) is 0 Å². The zero-order valence-corrected chi connectivity index (χ0v) is 12.3. The molecule has 1 aromatic carbocycles. The fourth-order valence-electron chi connectivity index (χ4n) is 1.57. The van der Waals surface area contributed by atoms with Crippen LogP contribution < -0.4 is 10.6 Å². The fourth-order valence-corrected chi connectivity index (χ4v) is 2.06. The SMILES string of the molecule is CN(c1ccc(C(N)=S)cc1)c1cc(Cl)nnc1Cl. The van der Waals surface area contributed by atoms with Crippen LogP contribution >= 0.6 is 35.4 Å². The molecule has 0 spiro atoms. The van der Waals surface area contributed by atoms with Gasteiger partial charge < -0.3 is 10.6 Å². The maximum atomic E-state index is 6.01. The molecule has 0 bridgehead atoms. The Morgan fingerprint density at radius 3 is 2.42 bits per heavy atom. The highest BCUT2D eigenvalue weighted by molar-refractivity contribution is 7.80. The van der Waals surface area contributed by atoms with Gasteiger partial charge in [0, 0.05) is 24.4 Å². The van der Waals surface area contributed by atoms with Gasteiger partial charge in [-0.15, -0.1) is 10.2 Å². The van der Waals surface area contributed by atoms with Gasteiger partial charge in [0.05, 0.1) is 5.69 Å². The lowest BCUT2D eigenvalue weighted by atomic mass is 10.2. The molecular weight excluding hydrogens is 303 g/mol. The van der Waals surface area contributed by atoms with Crippen molar-refractivity contribution in [3.63, 3.8) is 0 Å². The minimum Gasteiger partial charge on any atom is -0.389 e. The smallest absolute Gasteiger partial charge is 0.175 e. The number of nitrogens with two attached hydrogens (primary N) is 1. The van der Waals surface area contributed by atoms with E-state index in [2.05, 4.69) is 10.2 Å². The van der Waals surface area contributed by atoms with Crippen LogP contribution in [0.15, 0.2) is 30.3 Å². The summed E-state index contributed by atoms with van der Waals surface area (Å²) in [7, 11) is 1.86. The van der Waals surface area contributed by atoms with E-state index in [1.807, 2.05) is 36.2 Å². The van der Waals surface area contributed by atoms with Crippen LogP contribution in [-0.4, -0.2) is 22.2 Å². The quantitative estimate of drug-likeness (QED) is 0.882. The van der Waals surface area contributed by atoms with E-state index in [9.17, 15) is 0 Å². The van der Waals surface area contributed by atoms with Gasteiger partial charge in [-0.05, 0) is 24.3 Å². The summed E-state index contributed by atoms with van der Waals surface area (Å²) in [6.45, 7) is 0. The molecule has 1 heterocycles. The number of anilines is 2. The summed E-state index contributed by atoms with van der Waals surface area (Å²) in [5, 5.41) is 8.01. The predicted molar refractivity (Wildman–Crippen MR) is 82.4 cm³/mol. The van der Waals surface area contributed by atoms with Gasteiger partial charge in [0.1, 0.15) is 4.99 Å². The number of rotatable bonds is 3. The molecule has 0 fully saturated rings. The molecule has 1 aromatic heterocycles. The highest BCUT2D eigenvalue weighted by Gasteiger charge is 2.11. The highest BCUT2D eigenvalue weighted by Crippen LogP contribution is 2.30. The number of thiocarbonyl (C=S) groups is 1. The third-order valence-electron chi connectivity index (χ3n) is 2.60. The van der Waals surface area contributed by atoms with Gasteiger partial charge >= 0.3 is 0 Å². The minimum absolute atomic E-state index is 0.283. The molecule has 0 atom stereocenters. The fraction of sp³-hybridized carbons (Fsp3) is 0.0833. The number of aromatic nitrogens is 2. The summed E-state index contributed by atoms with van der Waals surface area (Å²) in [5.41, 5.74) is 7.94. The van der Waals surface area contributed by atoms with Crippen LogP contribution in [0.25, 0.3) is 0 Å². The van der Waals surface area contributed by atoms with Crippen LogP contribution in [0.1, 0.15) is 5.56 Å². The summed E-state index contributed by atoms with van der Waals surface area (Å²) in [5.74, 6) is 0. The van der Waals surface area contributed by atoms with Crippen molar-refractivity contribution in [3.8, 4) is 0 Å². The van der Waals surface area contributed by atoms with Gasteiger partial charge in [0.25, 0.3) is 0 Å². The van der Waals surface area contributed by atoms with Gasteiger partial charge in [-0.3, -0.25) is 0 Å². The molecular formula is C12H10Cl2N4S. The third-order valence-corrected chi connectivity index (χ3v) is 3.29. The van der Waals surface area contributed by atoms with Crippen molar-refractivity contribution in [1.82, 2.24) is 10.2 Å². The van der Waals surface area contributed by atoms with E-state index in [-0.39, 0.29) is 10.3 Å². The lowest BCUT2D eigenvalue weighted by molar-refractivity contribution is 1.02. The molecule has 2 aromatic rings. The second-order valence-electron chi connectivity index (χ2n) is 3.81. The van der Waals surface area contributed by atoms with Gasteiger partial charge in [-0.2, -0.15) is 0 Å². The number of hydrogen-bond donors (Lipinski definition) is 1. The second kappa shape index (κ2) is 5.69. The summed E-state index contributed by atoms with van der Waals surface area (Å²) < 4.78 is 0. The van der Waals surface area contributed by atoms with Crippen molar-refractivity contribution < 1.29 is 0 Å². The average molecular weight is 313 g/mol. The van der Waals surface area contributed by atoms with Crippen molar-refractivity contribution in [2.75, 3.05) is 11.9 Å². The Hall–Kier alpha value is -1.43. The van der Waals surface area contributed by atoms with Crippen molar-refractivity contribution >= 4 is 51.8 Å². The molecule has 0 radical (unpaired) electrons. The Labute approximate surface area is 126 Å². The Kier molecular flexibility index (Phi) is 4.19. The van der Waals surface area contributed by atoms with Crippen LogP contribution in [0.5, 0.6) is 0 Å². The van der Waals surface area contributed by atoms with Gasteiger partial charge in [-0.1, -0.05) is 35.4 Å². The first kappa shape index (κ1) is 14.0. The van der Waals surface area contributed by atoms with E-state index in [1.54, 1.807) is 6.07 Å². The Morgan fingerprint density at radius 2 is 1.84 bits per heavy atom. The zero-order chi connectivity index (χ0) is 14.0. The van der Waals surface area contributed by atoms with Gasteiger partial charge in [0.2, 0.25) is 0 Å². The molecule has 0 aliphatic rings. The molecule has 0 unspecified atom stereocenters. The van der Waals surface area contributed by atoms with Gasteiger partial charge in [-0.25, -0.2) is 0 Å². The molecule has 0 saturated heterocycles. The number of benzene rings is 1. The Balaban J connectivity index is 2.35. The summed E-state index contributed by atoms with van der Waals surface area (Å²) in [6.07, 6.45) is 0. The molecule has 2 rings (SSSR count). The van der Waals surface area contributed by atoms with Crippen LogP contribution in [0.4, 0.5) is 11.4 Å². The topological polar surface area (TPSA) is 55.0 Å². The lowest BCUT2D eigenvalue weighted by Crippen LogP contribution is -2.12. The van der Waals surface area contributed by atoms with Crippen LogP contribution in [0.2, 0.25) is 10.3 Å². The summed E-state index contributed by atoms with van der Waals surface area (Å²) >= 11 is 16.7. The van der Waals surface area contributed by atoms with E-state index in [4.69, 9.17) is 41.2 Å². The van der Waals surface area contributed by atoms with Crippen LogP contribution in [-0.2, 0) is 0 Å². The van der Waals surface area contributed by atoms with Crippen LogP contribution in [0.3, 0.4) is 0 Å². The number of hydrogen-bond acceptors (Lipinski definition) is 4. The minimum atomic E-state index is 0.283. The molecule has 7 heteroatoms. The zero-order valence-electron chi connectivity index (χ0n) is 9.97. The molecule has 0 aliphatic carbocycles.